The Hall–Kier alpha value is -1.61. The number of methoxy groups -OCH3 is 1. The van der Waals surface area contributed by atoms with E-state index in [1.807, 2.05) is 0 Å². The maximum Gasteiger partial charge on any atom is 0.255 e. The second kappa shape index (κ2) is 10.3. The molecule has 2 amide bonds. The Kier molecular flexibility index (Phi) is 8.77. The monoisotopic (exact) mass is 410 g/mol. The number of hydrogen-bond acceptors (Lipinski definition) is 3. The third-order valence-corrected chi connectivity index (χ3v) is 3.77. The van der Waals surface area contributed by atoms with Crippen LogP contribution in [0.1, 0.15) is 16.8 Å². The van der Waals surface area contributed by atoms with Gasteiger partial charge < -0.3 is 15.0 Å². The largest absolute Gasteiger partial charge is 0.383 e. The first-order valence-electron chi connectivity index (χ1n) is 7.13. The number of nitrogens with zero attached hydrogens (tertiary/aromatic N) is 1. The first-order chi connectivity index (χ1) is 11.3. The molecule has 0 aliphatic carbocycles. The van der Waals surface area contributed by atoms with Crippen molar-refractivity contribution in [2.75, 3.05) is 33.4 Å². The molecule has 1 rings (SSSR count). The number of rotatable bonds is 9. The van der Waals surface area contributed by atoms with E-state index in [0.29, 0.717) is 4.47 Å². The minimum absolute atomic E-state index is 0.0447. The van der Waals surface area contributed by atoms with Crippen LogP contribution in [0.4, 0.5) is 13.2 Å². The van der Waals surface area contributed by atoms with Gasteiger partial charge in [0.05, 0.1) is 18.7 Å². The average molecular weight is 411 g/mol. The standard InChI is InChI=1S/C15H18BrF3N2O3/c1-24-7-6-21(9-13(18)19)14(22)4-5-20-15(23)11-8-10(17)2-3-12(11)16/h2-3,8,13H,4-7,9H2,1H3,(H,20,23). The molecule has 0 saturated carbocycles. The molecule has 0 aliphatic heterocycles. The lowest BCUT2D eigenvalue weighted by Crippen LogP contribution is -2.39. The van der Waals surface area contributed by atoms with E-state index in [1.165, 1.54) is 19.2 Å². The molecule has 24 heavy (non-hydrogen) atoms. The van der Waals surface area contributed by atoms with Gasteiger partial charge in [-0.2, -0.15) is 0 Å². The molecule has 0 aromatic heterocycles. The van der Waals surface area contributed by atoms with Crippen molar-refractivity contribution in [1.82, 2.24) is 10.2 Å². The van der Waals surface area contributed by atoms with Crippen molar-refractivity contribution in [1.29, 1.82) is 0 Å². The minimum atomic E-state index is -2.65. The lowest BCUT2D eigenvalue weighted by molar-refractivity contribution is -0.133. The van der Waals surface area contributed by atoms with Crippen molar-refractivity contribution in [3.63, 3.8) is 0 Å². The highest BCUT2D eigenvalue weighted by molar-refractivity contribution is 9.10. The molecule has 0 heterocycles. The van der Waals surface area contributed by atoms with E-state index in [-0.39, 0.29) is 31.7 Å². The topological polar surface area (TPSA) is 58.6 Å². The highest BCUT2D eigenvalue weighted by Gasteiger charge is 2.18. The predicted molar refractivity (Wildman–Crippen MR) is 85.5 cm³/mol. The number of halogens is 4. The molecular formula is C15H18BrF3N2O3. The summed E-state index contributed by atoms with van der Waals surface area (Å²) in [7, 11) is 1.40. The van der Waals surface area contributed by atoms with Gasteiger partial charge in [0.1, 0.15) is 5.82 Å². The van der Waals surface area contributed by atoms with E-state index in [1.54, 1.807) is 0 Å². The van der Waals surface area contributed by atoms with Crippen LogP contribution in [0.15, 0.2) is 22.7 Å². The Morgan fingerprint density at radius 2 is 2.08 bits per heavy atom. The number of nitrogens with one attached hydrogen (secondary N) is 1. The fraction of sp³-hybridized carbons (Fsp3) is 0.467. The summed E-state index contributed by atoms with van der Waals surface area (Å²) in [5.41, 5.74) is 0.0891. The van der Waals surface area contributed by atoms with Gasteiger partial charge in [0.15, 0.2) is 0 Å². The van der Waals surface area contributed by atoms with E-state index in [4.69, 9.17) is 4.74 Å². The summed E-state index contributed by atoms with van der Waals surface area (Å²) in [4.78, 5) is 24.9. The summed E-state index contributed by atoms with van der Waals surface area (Å²) in [6.07, 6.45) is -2.79. The van der Waals surface area contributed by atoms with Crippen molar-refractivity contribution in [2.45, 2.75) is 12.8 Å². The molecule has 0 atom stereocenters. The van der Waals surface area contributed by atoms with Crippen LogP contribution in [0.25, 0.3) is 0 Å². The molecule has 9 heteroatoms. The smallest absolute Gasteiger partial charge is 0.255 e. The lowest BCUT2D eigenvalue weighted by Gasteiger charge is -2.22. The van der Waals surface area contributed by atoms with E-state index in [9.17, 15) is 22.8 Å². The van der Waals surface area contributed by atoms with Crippen molar-refractivity contribution in [2.24, 2.45) is 0 Å². The van der Waals surface area contributed by atoms with Crippen LogP contribution in [0.2, 0.25) is 0 Å². The molecule has 0 fully saturated rings. The van der Waals surface area contributed by atoms with Crippen LogP contribution in [0, 0.1) is 5.82 Å². The molecular weight excluding hydrogens is 393 g/mol. The van der Waals surface area contributed by atoms with Crippen molar-refractivity contribution in [3.05, 3.63) is 34.1 Å². The zero-order valence-electron chi connectivity index (χ0n) is 13.0. The van der Waals surface area contributed by atoms with Crippen molar-refractivity contribution in [3.8, 4) is 0 Å². The summed E-state index contributed by atoms with van der Waals surface area (Å²) in [6, 6.07) is 3.65. The van der Waals surface area contributed by atoms with E-state index >= 15 is 0 Å². The Morgan fingerprint density at radius 3 is 2.71 bits per heavy atom. The highest BCUT2D eigenvalue weighted by atomic mass is 79.9. The van der Waals surface area contributed by atoms with Crippen LogP contribution in [0.3, 0.4) is 0 Å². The summed E-state index contributed by atoms with van der Waals surface area (Å²) >= 11 is 3.13. The zero-order chi connectivity index (χ0) is 18.1. The van der Waals surface area contributed by atoms with E-state index in [2.05, 4.69) is 21.2 Å². The molecule has 1 N–H and O–H groups in total. The van der Waals surface area contributed by atoms with Gasteiger partial charge in [-0.3, -0.25) is 9.59 Å². The van der Waals surface area contributed by atoms with E-state index < -0.39 is 30.6 Å². The summed E-state index contributed by atoms with van der Waals surface area (Å²) in [5.74, 6) is -1.65. The Balaban J connectivity index is 2.53. The van der Waals surface area contributed by atoms with Gasteiger partial charge in [-0.15, -0.1) is 0 Å². The molecule has 5 nitrogen and oxygen atoms in total. The van der Waals surface area contributed by atoms with Gasteiger partial charge in [-0.25, -0.2) is 13.2 Å². The molecule has 0 radical (unpaired) electrons. The number of carbonyl (C=O) groups is 2. The normalized spacial score (nSPS) is 10.8. The zero-order valence-corrected chi connectivity index (χ0v) is 14.6. The maximum absolute atomic E-state index is 13.2. The van der Waals surface area contributed by atoms with Gasteiger partial charge in [0.2, 0.25) is 5.91 Å². The van der Waals surface area contributed by atoms with Gasteiger partial charge in [0.25, 0.3) is 12.3 Å². The molecule has 1 aromatic rings. The van der Waals surface area contributed by atoms with Crippen LogP contribution in [-0.2, 0) is 9.53 Å². The number of carbonyl (C=O) groups excluding carboxylic acids is 2. The number of hydrogen-bond donors (Lipinski definition) is 1. The van der Waals surface area contributed by atoms with Gasteiger partial charge in [-0.05, 0) is 34.1 Å². The van der Waals surface area contributed by atoms with Crippen LogP contribution in [0.5, 0.6) is 0 Å². The third kappa shape index (κ3) is 6.88. The molecule has 0 saturated heterocycles. The second-order valence-electron chi connectivity index (χ2n) is 4.85. The first kappa shape index (κ1) is 20.4. The van der Waals surface area contributed by atoms with Gasteiger partial charge in [-0.1, -0.05) is 0 Å². The minimum Gasteiger partial charge on any atom is -0.383 e. The molecule has 1 aromatic carbocycles. The van der Waals surface area contributed by atoms with Crippen molar-refractivity contribution < 1.29 is 27.5 Å². The van der Waals surface area contributed by atoms with Crippen LogP contribution in [-0.4, -0.2) is 56.5 Å². The van der Waals surface area contributed by atoms with Gasteiger partial charge >= 0.3 is 0 Å². The molecule has 134 valence electrons. The Morgan fingerprint density at radius 1 is 1.38 bits per heavy atom. The number of amides is 2. The van der Waals surface area contributed by atoms with E-state index in [0.717, 1.165) is 11.0 Å². The molecule has 0 aliphatic rings. The third-order valence-electron chi connectivity index (χ3n) is 3.07. The Bertz CT molecular complexity index is 573. The quantitative estimate of drug-likeness (QED) is 0.680. The Labute approximate surface area is 146 Å². The molecule has 0 unspecified atom stereocenters. The maximum atomic E-state index is 13.2. The highest BCUT2D eigenvalue weighted by Crippen LogP contribution is 2.17. The second-order valence-corrected chi connectivity index (χ2v) is 5.71. The number of ether oxygens (including phenoxy) is 1. The molecule has 0 bridgehead atoms. The first-order valence-corrected chi connectivity index (χ1v) is 7.92. The average Bonchev–Trinajstić information content (AvgIpc) is 2.53. The summed E-state index contributed by atoms with van der Waals surface area (Å²) < 4.78 is 43.3. The predicted octanol–water partition coefficient (Wildman–Crippen LogP) is 2.45. The SMILES string of the molecule is COCCN(CC(F)F)C(=O)CCNC(=O)c1cc(F)ccc1Br. The van der Waals surface area contributed by atoms with Crippen LogP contribution >= 0.6 is 15.9 Å². The molecule has 0 spiro atoms. The number of alkyl halides is 2. The van der Waals surface area contributed by atoms with Crippen molar-refractivity contribution >= 4 is 27.7 Å². The van der Waals surface area contributed by atoms with Gasteiger partial charge in [0, 0.05) is 31.1 Å². The number of benzene rings is 1. The fourth-order valence-electron chi connectivity index (χ4n) is 1.89. The summed E-state index contributed by atoms with van der Waals surface area (Å²) in [5, 5.41) is 2.46. The fourth-order valence-corrected chi connectivity index (χ4v) is 2.32. The summed E-state index contributed by atoms with van der Waals surface area (Å²) in [6.45, 7) is -0.553. The lowest BCUT2D eigenvalue weighted by atomic mass is 10.2. The van der Waals surface area contributed by atoms with Crippen LogP contribution < -0.4 is 5.32 Å².